The minimum Gasteiger partial charge on any atom is -0.478 e. The van der Waals surface area contributed by atoms with Gasteiger partial charge in [0.05, 0.1) is 18.3 Å². The van der Waals surface area contributed by atoms with E-state index in [-0.39, 0.29) is 53.6 Å². The number of fused-ring (bicyclic) bond motifs is 2. The molecule has 3 fully saturated rings. The summed E-state index contributed by atoms with van der Waals surface area (Å²) < 4.78 is 85.3. The number of benzene rings is 2. The van der Waals surface area contributed by atoms with Crippen LogP contribution in [0.15, 0.2) is 40.9 Å². The van der Waals surface area contributed by atoms with Gasteiger partial charge in [0.25, 0.3) is 0 Å². The molecule has 2 bridgehead atoms. The third-order valence-corrected chi connectivity index (χ3v) is 8.21. The summed E-state index contributed by atoms with van der Waals surface area (Å²) in [5.74, 6) is -2.85. The number of rotatable bonds is 8. The summed E-state index contributed by atoms with van der Waals surface area (Å²) in [5.41, 5.74) is 0.239. The van der Waals surface area contributed by atoms with Crippen molar-refractivity contribution in [2.24, 2.45) is 5.92 Å². The molecule has 0 radical (unpaired) electrons. The Bertz CT molecular complexity index is 1450. The van der Waals surface area contributed by atoms with Crippen molar-refractivity contribution < 1.29 is 45.8 Å². The summed E-state index contributed by atoms with van der Waals surface area (Å²) in [6, 6.07) is 6.91. The zero-order valence-corrected chi connectivity index (χ0v) is 22.0. The minimum absolute atomic E-state index is 0.0412. The number of aromatic nitrogens is 1. The molecule has 3 aliphatic rings. The number of carboxylic acids is 1. The molecule has 41 heavy (non-hydrogen) atoms. The highest BCUT2D eigenvalue weighted by Gasteiger charge is 2.47. The Labute approximate surface area is 231 Å². The molecule has 1 saturated carbocycles. The van der Waals surface area contributed by atoms with Crippen LogP contribution in [-0.4, -0.2) is 40.8 Å². The Morgan fingerprint density at radius 3 is 2.46 bits per heavy atom. The molecule has 2 aliphatic heterocycles. The molecule has 2 saturated heterocycles. The number of hydrogen-bond donors (Lipinski definition) is 1. The highest BCUT2D eigenvalue weighted by Crippen LogP contribution is 2.48. The second-order valence-electron chi connectivity index (χ2n) is 11.0. The summed E-state index contributed by atoms with van der Waals surface area (Å²) >= 11 is 0. The fraction of sp³-hybridized carbons (Fsp3) is 0.448. The van der Waals surface area contributed by atoms with Crippen molar-refractivity contribution >= 4 is 11.7 Å². The van der Waals surface area contributed by atoms with Crippen molar-refractivity contribution in [2.75, 3.05) is 4.90 Å². The van der Waals surface area contributed by atoms with E-state index in [2.05, 4.69) is 9.89 Å². The van der Waals surface area contributed by atoms with Gasteiger partial charge < -0.3 is 24.0 Å². The molecule has 3 aromatic rings. The Hall–Kier alpha value is -3.67. The Balaban J connectivity index is 1.23. The largest absolute Gasteiger partial charge is 0.573 e. The highest BCUT2D eigenvalue weighted by molar-refractivity contribution is 5.88. The van der Waals surface area contributed by atoms with Gasteiger partial charge in [-0.1, -0.05) is 24.2 Å². The lowest BCUT2D eigenvalue weighted by molar-refractivity contribution is -0.274. The lowest BCUT2D eigenvalue weighted by Crippen LogP contribution is -2.47. The standard InChI is InChI=1S/C29H27F5N2O5/c1-14-8-17-11-18(12-23(14)36(17)26-21(30)9-16(28(37)38)10-22(26)31)39-13-20-25(35-41-27(20)15-6-7-15)19-4-2-3-5-24(19)40-29(32,33)34/h2-5,9-10,14-15,17-18,23H,6-8,11-13H2,1H3,(H,37,38)/t14-,17?,18?,23?/m1/s1. The number of anilines is 1. The first-order valence-electron chi connectivity index (χ1n) is 13.5. The van der Waals surface area contributed by atoms with E-state index >= 15 is 0 Å². The van der Waals surface area contributed by atoms with E-state index in [1.54, 1.807) is 11.0 Å². The van der Waals surface area contributed by atoms with E-state index in [1.165, 1.54) is 18.2 Å². The number of nitrogens with zero attached hydrogens (tertiary/aromatic N) is 2. The molecule has 3 heterocycles. The fourth-order valence-corrected chi connectivity index (χ4v) is 6.31. The summed E-state index contributed by atoms with van der Waals surface area (Å²) in [6.45, 7) is 2.04. The second-order valence-corrected chi connectivity index (χ2v) is 11.0. The van der Waals surface area contributed by atoms with E-state index in [1.807, 2.05) is 6.92 Å². The monoisotopic (exact) mass is 578 g/mol. The lowest BCUT2D eigenvalue weighted by Gasteiger charge is -2.41. The van der Waals surface area contributed by atoms with E-state index in [0.717, 1.165) is 25.0 Å². The topological polar surface area (TPSA) is 85.0 Å². The van der Waals surface area contributed by atoms with Crippen molar-refractivity contribution in [3.8, 4) is 17.0 Å². The lowest BCUT2D eigenvalue weighted by atomic mass is 9.95. The van der Waals surface area contributed by atoms with Gasteiger partial charge in [0.2, 0.25) is 0 Å². The average Bonchev–Trinajstić information content (AvgIpc) is 3.62. The molecule has 218 valence electrons. The third-order valence-electron chi connectivity index (χ3n) is 8.21. The van der Waals surface area contributed by atoms with Crippen molar-refractivity contribution in [1.29, 1.82) is 0 Å². The summed E-state index contributed by atoms with van der Waals surface area (Å²) in [4.78, 5) is 12.9. The molecule has 0 amide bonds. The van der Waals surface area contributed by atoms with Gasteiger partial charge in [0, 0.05) is 29.1 Å². The molecule has 2 aromatic carbocycles. The van der Waals surface area contributed by atoms with Crippen LogP contribution in [0.4, 0.5) is 27.6 Å². The van der Waals surface area contributed by atoms with Crippen LogP contribution in [0.1, 0.15) is 66.6 Å². The van der Waals surface area contributed by atoms with Gasteiger partial charge in [0.15, 0.2) is 0 Å². The van der Waals surface area contributed by atoms with E-state index in [0.29, 0.717) is 30.6 Å². The van der Waals surface area contributed by atoms with Gasteiger partial charge in [0.1, 0.15) is 34.5 Å². The number of ether oxygens (including phenoxy) is 2. The van der Waals surface area contributed by atoms with E-state index < -0.39 is 35.3 Å². The van der Waals surface area contributed by atoms with Gasteiger partial charge in [-0.05, 0) is 62.3 Å². The van der Waals surface area contributed by atoms with Crippen molar-refractivity contribution in [1.82, 2.24) is 5.16 Å². The molecular weight excluding hydrogens is 551 g/mol. The number of piperidine rings is 1. The number of carboxylic acid groups (broad SMARTS) is 1. The number of alkyl halides is 3. The normalized spacial score (nSPS) is 24.1. The molecule has 3 unspecified atom stereocenters. The first-order valence-corrected chi connectivity index (χ1v) is 13.5. The van der Waals surface area contributed by atoms with Gasteiger partial charge in [-0.15, -0.1) is 13.2 Å². The van der Waals surface area contributed by atoms with Crippen LogP contribution < -0.4 is 9.64 Å². The van der Waals surface area contributed by atoms with Crippen LogP contribution in [0, 0.1) is 17.6 Å². The Morgan fingerprint density at radius 2 is 1.83 bits per heavy atom. The van der Waals surface area contributed by atoms with Crippen molar-refractivity contribution in [2.45, 2.75) is 76.1 Å². The predicted molar refractivity (Wildman–Crippen MR) is 136 cm³/mol. The number of aromatic carboxylic acids is 1. The molecule has 0 spiro atoms. The zero-order chi connectivity index (χ0) is 29.1. The summed E-state index contributed by atoms with van der Waals surface area (Å²) in [6.07, 6.45) is -1.81. The quantitative estimate of drug-likeness (QED) is 0.287. The predicted octanol–water partition coefficient (Wildman–Crippen LogP) is 7.06. The molecule has 1 aromatic heterocycles. The summed E-state index contributed by atoms with van der Waals surface area (Å²) in [5, 5.41) is 13.3. The highest BCUT2D eigenvalue weighted by atomic mass is 19.4. The van der Waals surface area contributed by atoms with Crippen LogP contribution in [0.3, 0.4) is 0 Å². The van der Waals surface area contributed by atoms with Gasteiger partial charge in [-0.3, -0.25) is 0 Å². The molecule has 1 N–H and O–H groups in total. The van der Waals surface area contributed by atoms with Gasteiger partial charge in [-0.2, -0.15) is 0 Å². The smallest absolute Gasteiger partial charge is 0.478 e. The first kappa shape index (κ1) is 27.5. The number of para-hydroxylation sites is 1. The van der Waals surface area contributed by atoms with Gasteiger partial charge >= 0.3 is 12.3 Å². The molecule has 6 rings (SSSR count). The Kier molecular flexibility index (Phi) is 6.91. The van der Waals surface area contributed by atoms with Crippen LogP contribution in [0.2, 0.25) is 0 Å². The first-order chi connectivity index (χ1) is 19.5. The van der Waals surface area contributed by atoms with Crippen molar-refractivity contribution in [3.05, 3.63) is 64.9 Å². The molecule has 1 aliphatic carbocycles. The van der Waals surface area contributed by atoms with E-state index in [4.69, 9.17) is 14.4 Å². The fourth-order valence-electron chi connectivity index (χ4n) is 6.31. The Morgan fingerprint density at radius 1 is 1.12 bits per heavy atom. The molecule has 4 atom stereocenters. The van der Waals surface area contributed by atoms with E-state index in [9.17, 15) is 26.7 Å². The number of hydrogen-bond acceptors (Lipinski definition) is 6. The molecule has 12 heteroatoms. The van der Waals surface area contributed by atoms with Crippen molar-refractivity contribution in [3.63, 3.8) is 0 Å². The maximum atomic E-state index is 15.0. The SMILES string of the molecule is C[C@@H]1CC2CC(OCc3c(-c4ccccc4OC(F)(F)F)noc3C3CC3)CC1N2c1c(F)cc(C(=O)O)cc1F. The van der Waals surface area contributed by atoms with Crippen LogP contribution in [0.25, 0.3) is 11.3 Å². The molecular formula is C29H27F5N2O5. The molecule has 7 nitrogen and oxygen atoms in total. The number of carbonyl (C=O) groups is 1. The maximum absolute atomic E-state index is 15.0. The van der Waals surface area contributed by atoms with Gasteiger partial charge in [-0.25, -0.2) is 13.6 Å². The van der Waals surface area contributed by atoms with Crippen LogP contribution in [0.5, 0.6) is 5.75 Å². The second kappa shape index (κ2) is 10.3. The maximum Gasteiger partial charge on any atom is 0.573 e. The summed E-state index contributed by atoms with van der Waals surface area (Å²) in [7, 11) is 0. The minimum atomic E-state index is -4.88. The van der Waals surface area contributed by atoms with Crippen LogP contribution >= 0.6 is 0 Å². The average molecular weight is 579 g/mol. The van der Waals surface area contributed by atoms with Crippen LogP contribution in [-0.2, 0) is 11.3 Å². The third kappa shape index (κ3) is 5.37. The zero-order valence-electron chi connectivity index (χ0n) is 22.0. The number of halogens is 5.